The molecule has 3 rings (SSSR count). The number of rotatable bonds is 0. The van der Waals surface area contributed by atoms with E-state index >= 15 is 0 Å². The summed E-state index contributed by atoms with van der Waals surface area (Å²) in [6.07, 6.45) is 1.54. The van der Waals surface area contributed by atoms with Gasteiger partial charge in [-0.05, 0) is 6.07 Å². The van der Waals surface area contributed by atoms with Gasteiger partial charge in [0.2, 0.25) is 0 Å². The van der Waals surface area contributed by atoms with Crippen LogP contribution in [0.2, 0.25) is 0 Å². The minimum atomic E-state index is 0.407. The highest BCUT2D eigenvalue weighted by molar-refractivity contribution is 5.39. The quantitative estimate of drug-likeness (QED) is 0.622. The fourth-order valence-electron chi connectivity index (χ4n) is 2.09. The van der Waals surface area contributed by atoms with E-state index in [-0.39, 0.29) is 0 Å². The van der Waals surface area contributed by atoms with E-state index in [1.165, 1.54) is 5.56 Å². The molecular weight excluding hydrogens is 150 g/mol. The Labute approximate surface area is 71.5 Å². The monoisotopic (exact) mass is 161 g/mol. The molecule has 2 heterocycles. The SMILES string of the molecule is c1ccc2c(c1)O[C@H]1CN[C@@H]2C1. The van der Waals surface area contributed by atoms with Crippen LogP contribution in [-0.2, 0) is 0 Å². The number of para-hydroxylation sites is 1. The van der Waals surface area contributed by atoms with Gasteiger partial charge in [0.1, 0.15) is 11.9 Å². The van der Waals surface area contributed by atoms with Gasteiger partial charge in [0.15, 0.2) is 0 Å². The van der Waals surface area contributed by atoms with Crippen LogP contribution in [-0.4, -0.2) is 12.6 Å². The molecule has 62 valence electrons. The number of hydrogen-bond donors (Lipinski definition) is 1. The average molecular weight is 161 g/mol. The third-order valence-corrected chi connectivity index (χ3v) is 2.68. The Hall–Kier alpha value is -1.02. The van der Waals surface area contributed by atoms with Crippen molar-refractivity contribution in [2.24, 2.45) is 0 Å². The Morgan fingerprint density at radius 3 is 3.25 bits per heavy atom. The second-order valence-electron chi connectivity index (χ2n) is 3.47. The lowest BCUT2D eigenvalue weighted by molar-refractivity contribution is 0.204. The molecule has 0 radical (unpaired) electrons. The van der Waals surface area contributed by atoms with Crippen molar-refractivity contribution in [3.05, 3.63) is 29.8 Å². The van der Waals surface area contributed by atoms with Gasteiger partial charge in [0.25, 0.3) is 0 Å². The van der Waals surface area contributed by atoms with Gasteiger partial charge in [-0.2, -0.15) is 0 Å². The van der Waals surface area contributed by atoms with E-state index in [1.807, 2.05) is 6.07 Å². The molecule has 2 aliphatic rings. The average Bonchev–Trinajstić information content (AvgIpc) is 2.49. The molecule has 2 heteroatoms. The predicted molar refractivity (Wildman–Crippen MR) is 46.2 cm³/mol. The van der Waals surface area contributed by atoms with Gasteiger partial charge in [-0.3, -0.25) is 0 Å². The standard InChI is InChI=1S/C10H11NO/c1-2-4-10-8(3-1)9-5-7(12-10)6-11-9/h1-4,7,9,11H,5-6H2/t7-,9-/m1/s1. The molecular formula is C10H11NO. The molecule has 1 saturated heterocycles. The van der Waals surface area contributed by atoms with Gasteiger partial charge in [-0.1, -0.05) is 18.2 Å². The van der Waals surface area contributed by atoms with E-state index in [2.05, 4.69) is 23.5 Å². The molecule has 0 aromatic heterocycles. The third-order valence-electron chi connectivity index (χ3n) is 2.68. The lowest BCUT2D eigenvalue weighted by Crippen LogP contribution is -2.19. The fourth-order valence-corrected chi connectivity index (χ4v) is 2.09. The summed E-state index contributed by atoms with van der Waals surface area (Å²) >= 11 is 0. The zero-order valence-electron chi connectivity index (χ0n) is 6.79. The highest BCUT2D eigenvalue weighted by atomic mass is 16.5. The van der Waals surface area contributed by atoms with Crippen LogP contribution in [0.3, 0.4) is 0 Å². The summed E-state index contributed by atoms with van der Waals surface area (Å²) in [7, 11) is 0. The summed E-state index contributed by atoms with van der Waals surface area (Å²) in [5.74, 6) is 1.07. The highest BCUT2D eigenvalue weighted by Gasteiger charge is 2.33. The smallest absolute Gasteiger partial charge is 0.124 e. The van der Waals surface area contributed by atoms with E-state index in [0.717, 1.165) is 18.7 Å². The summed E-state index contributed by atoms with van der Waals surface area (Å²) in [5.41, 5.74) is 1.33. The zero-order valence-corrected chi connectivity index (χ0v) is 6.79. The van der Waals surface area contributed by atoms with Crippen molar-refractivity contribution in [3.8, 4) is 5.75 Å². The highest BCUT2D eigenvalue weighted by Crippen LogP contribution is 2.37. The molecule has 2 nitrogen and oxygen atoms in total. The molecule has 12 heavy (non-hydrogen) atoms. The summed E-state index contributed by atoms with van der Waals surface area (Å²) in [5, 5.41) is 3.45. The number of nitrogens with one attached hydrogen (secondary N) is 1. The second-order valence-corrected chi connectivity index (χ2v) is 3.47. The summed E-state index contributed by atoms with van der Waals surface area (Å²) in [6.45, 7) is 0.999. The molecule has 1 fully saturated rings. The first-order valence-corrected chi connectivity index (χ1v) is 4.42. The molecule has 1 aromatic carbocycles. The van der Waals surface area contributed by atoms with E-state index in [9.17, 15) is 0 Å². The van der Waals surface area contributed by atoms with Crippen LogP contribution in [0.25, 0.3) is 0 Å². The maximum Gasteiger partial charge on any atom is 0.124 e. The molecule has 0 unspecified atom stereocenters. The van der Waals surface area contributed by atoms with Gasteiger partial charge in [-0.15, -0.1) is 0 Å². The van der Waals surface area contributed by atoms with Gasteiger partial charge in [0, 0.05) is 24.6 Å². The largest absolute Gasteiger partial charge is 0.489 e. The molecule has 0 aliphatic carbocycles. The Balaban J connectivity index is 2.13. The van der Waals surface area contributed by atoms with Gasteiger partial charge in [0.05, 0.1) is 0 Å². The van der Waals surface area contributed by atoms with Crippen LogP contribution in [0.4, 0.5) is 0 Å². The van der Waals surface area contributed by atoms with Crippen LogP contribution in [0.1, 0.15) is 18.0 Å². The summed E-state index contributed by atoms with van der Waals surface area (Å²) < 4.78 is 5.76. The van der Waals surface area contributed by atoms with E-state index in [1.54, 1.807) is 0 Å². The first kappa shape index (κ1) is 6.49. The van der Waals surface area contributed by atoms with Gasteiger partial charge < -0.3 is 10.1 Å². The molecule has 0 amide bonds. The van der Waals surface area contributed by atoms with Crippen molar-refractivity contribution in [2.45, 2.75) is 18.6 Å². The molecule has 2 aliphatic heterocycles. The number of fused-ring (bicyclic) bond motifs is 4. The second kappa shape index (κ2) is 2.23. The molecule has 1 N–H and O–H groups in total. The van der Waals surface area contributed by atoms with Crippen LogP contribution in [0.5, 0.6) is 5.75 Å². The number of hydrogen-bond acceptors (Lipinski definition) is 2. The normalized spacial score (nSPS) is 31.0. The molecule has 0 saturated carbocycles. The van der Waals surface area contributed by atoms with Crippen molar-refractivity contribution in [1.82, 2.24) is 5.32 Å². The van der Waals surface area contributed by atoms with Crippen LogP contribution < -0.4 is 10.1 Å². The maximum atomic E-state index is 5.76. The fraction of sp³-hybridized carbons (Fsp3) is 0.400. The molecule has 1 aromatic rings. The van der Waals surface area contributed by atoms with Crippen molar-refractivity contribution < 1.29 is 4.74 Å². The van der Waals surface area contributed by atoms with Crippen molar-refractivity contribution >= 4 is 0 Å². The maximum absolute atomic E-state index is 5.76. The zero-order chi connectivity index (χ0) is 7.97. The minimum absolute atomic E-state index is 0.407. The third kappa shape index (κ3) is 0.786. The van der Waals surface area contributed by atoms with E-state index in [4.69, 9.17) is 4.74 Å². The van der Waals surface area contributed by atoms with Gasteiger partial charge in [-0.25, -0.2) is 0 Å². The Morgan fingerprint density at radius 2 is 2.25 bits per heavy atom. The first-order valence-electron chi connectivity index (χ1n) is 4.42. The lowest BCUT2D eigenvalue weighted by atomic mass is 10.0. The Morgan fingerprint density at radius 1 is 1.33 bits per heavy atom. The topological polar surface area (TPSA) is 21.3 Å². The van der Waals surface area contributed by atoms with Crippen molar-refractivity contribution in [1.29, 1.82) is 0 Å². The number of ether oxygens (including phenoxy) is 1. The predicted octanol–water partition coefficient (Wildman–Crippen LogP) is 1.48. The van der Waals surface area contributed by atoms with Crippen LogP contribution >= 0.6 is 0 Å². The van der Waals surface area contributed by atoms with Gasteiger partial charge >= 0.3 is 0 Å². The molecule has 2 bridgehead atoms. The van der Waals surface area contributed by atoms with E-state index < -0.39 is 0 Å². The number of benzene rings is 1. The summed E-state index contributed by atoms with van der Waals surface area (Å²) in [6, 6.07) is 8.85. The lowest BCUT2D eigenvalue weighted by Gasteiger charge is -2.22. The van der Waals surface area contributed by atoms with Crippen molar-refractivity contribution in [2.75, 3.05) is 6.54 Å². The van der Waals surface area contributed by atoms with Crippen molar-refractivity contribution in [3.63, 3.8) is 0 Å². The first-order chi connectivity index (χ1) is 5.93. The Kier molecular flexibility index (Phi) is 1.21. The van der Waals surface area contributed by atoms with E-state index in [0.29, 0.717) is 12.1 Å². The van der Waals surface area contributed by atoms with Crippen LogP contribution in [0.15, 0.2) is 24.3 Å². The Bertz CT molecular complexity index is 310. The summed E-state index contributed by atoms with van der Waals surface area (Å²) in [4.78, 5) is 0. The molecule has 0 spiro atoms. The minimum Gasteiger partial charge on any atom is -0.489 e. The van der Waals surface area contributed by atoms with Crippen LogP contribution in [0, 0.1) is 0 Å². The molecule has 2 atom stereocenters.